The fourth-order valence-electron chi connectivity index (χ4n) is 9.05. The summed E-state index contributed by atoms with van der Waals surface area (Å²) in [5.74, 6) is 0. The second kappa shape index (κ2) is 11.4. The predicted octanol–water partition coefficient (Wildman–Crippen LogP) is 15.6. The Balaban J connectivity index is 1.11. The van der Waals surface area contributed by atoms with Crippen molar-refractivity contribution < 1.29 is 4.42 Å². The Morgan fingerprint density at radius 1 is 0.315 bits per heavy atom. The quantitative estimate of drug-likeness (QED) is 0.167. The fourth-order valence-corrected chi connectivity index (χ4v) is 10.3. The second-order valence-electron chi connectivity index (χ2n) is 14.3. The summed E-state index contributed by atoms with van der Waals surface area (Å²) in [6.07, 6.45) is 0. The number of rotatable bonds is 3. The van der Waals surface area contributed by atoms with E-state index in [0.717, 1.165) is 21.9 Å². The molecule has 1 nitrogen and oxygen atoms in total. The zero-order valence-corrected chi connectivity index (χ0v) is 30.0. The highest BCUT2D eigenvalue weighted by Gasteiger charge is 2.20. The monoisotopic (exact) mass is 702 g/mol. The minimum Gasteiger partial charge on any atom is -0.456 e. The lowest BCUT2D eigenvalue weighted by Gasteiger charge is -2.19. The Bertz CT molecular complexity index is 3440. The van der Waals surface area contributed by atoms with Crippen molar-refractivity contribution in [1.29, 1.82) is 0 Å². The van der Waals surface area contributed by atoms with Gasteiger partial charge in [-0.3, -0.25) is 0 Å². The Kier molecular flexibility index (Phi) is 6.28. The molecule has 0 aliphatic heterocycles. The first-order valence-corrected chi connectivity index (χ1v) is 19.3. The van der Waals surface area contributed by atoms with Gasteiger partial charge in [-0.1, -0.05) is 158 Å². The van der Waals surface area contributed by atoms with Crippen LogP contribution in [-0.2, 0) is 0 Å². The molecular weight excluding hydrogens is 673 g/mol. The van der Waals surface area contributed by atoms with Crippen molar-refractivity contribution in [3.63, 3.8) is 0 Å². The number of thiophene rings is 1. The van der Waals surface area contributed by atoms with Crippen LogP contribution in [0.3, 0.4) is 0 Å². The van der Waals surface area contributed by atoms with Crippen LogP contribution in [0, 0.1) is 0 Å². The number of hydrogen-bond donors (Lipinski definition) is 0. The second-order valence-corrected chi connectivity index (χ2v) is 15.4. The van der Waals surface area contributed by atoms with Crippen LogP contribution in [0.5, 0.6) is 0 Å². The van der Waals surface area contributed by atoms with Gasteiger partial charge < -0.3 is 4.42 Å². The number of fused-ring (bicyclic) bond motifs is 11. The molecule has 0 aliphatic rings. The zero-order chi connectivity index (χ0) is 35.3. The molecular formula is C52H30OS. The summed E-state index contributed by atoms with van der Waals surface area (Å²) >= 11 is 1.86. The third kappa shape index (κ3) is 4.26. The predicted molar refractivity (Wildman–Crippen MR) is 233 cm³/mol. The van der Waals surface area contributed by atoms with Crippen molar-refractivity contribution in [3.05, 3.63) is 182 Å². The van der Waals surface area contributed by atoms with E-state index in [2.05, 4.69) is 182 Å². The van der Waals surface area contributed by atoms with E-state index in [1.165, 1.54) is 96.6 Å². The van der Waals surface area contributed by atoms with Crippen molar-refractivity contribution >= 4 is 96.5 Å². The maximum atomic E-state index is 6.58. The minimum atomic E-state index is 0.913. The lowest BCUT2D eigenvalue weighted by Crippen LogP contribution is -1.92. The zero-order valence-electron chi connectivity index (χ0n) is 29.1. The van der Waals surface area contributed by atoms with Crippen molar-refractivity contribution in [2.45, 2.75) is 0 Å². The standard InChI is InChI=1S/C52H30OS/c1-2-12-31(13-3-1)34-25-26-42(37-17-7-6-16-36(34)37)51-40-20-10-8-18-38(40)50(39-19-9-11-21-41(39)51)33-23-27-47-44(28-33)45-29-46-43-24-22-32-14-4-5-15-35(32)52(43)54-49(46)30-48(45)53-47/h1-30H. The molecule has 2 heteroatoms. The summed E-state index contributed by atoms with van der Waals surface area (Å²) in [4.78, 5) is 0. The van der Waals surface area contributed by atoms with Crippen molar-refractivity contribution in [2.75, 3.05) is 0 Å². The van der Waals surface area contributed by atoms with Gasteiger partial charge in [0.25, 0.3) is 0 Å². The van der Waals surface area contributed by atoms with E-state index in [-0.39, 0.29) is 0 Å². The molecule has 12 rings (SSSR count). The van der Waals surface area contributed by atoms with E-state index in [4.69, 9.17) is 4.42 Å². The van der Waals surface area contributed by atoms with Crippen LogP contribution in [0.4, 0.5) is 0 Å². The molecule has 2 aromatic heterocycles. The van der Waals surface area contributed by atoms with Crippen LogP contribution in [0.15, 0.2) is 186 Å². The largest absolute Gasteiger partial charge is 0.456 e. The van der Waals surface area contributed by atoms with Crippen LogP contribution >= 0.6 is 11.3 Å². The molecule has 54 heavy (non-hydrogen) atoms. The van der Waals surface area contributed by atoms with E-state index in [1.54, 1.807) is 0 Å². The minimum absolute atomic E-state index is 0.913. The molecule has 0 spiro atoms. The Morgan fingerprint density at radius 2 is 0.907 bits per heavy atom. The van der Waals surface area contributed by atoms with Crippen molar-refractivity contribution in [3.8, 4) is 33.4 Å². The smallest absolute Gasteiger partial charge is 0.136 e. The van der Waals surface area contributed by atoms with Gasteiger partial charge in [-0.05, 0) is 101 Å². The average Bonchev–Trinajstić information content (AvgIpc) is 3.79. The summed E-state index contributed by atoms with van der Waals surface area (Å²) in [5.41, 5.74) is 9.29. The topological polar surface area (TPSA) is 13.1 Å². The maximum absolute atomic E-state index is 6.58. The molecule has 250 valence electrons. The van der Waals surface area contributed by atoms with Crippen molar-refractivity contribution in [2.24, 2.45) is 0 Å². The molecule has 0 fully saturated rings. The van der Waals surface area contributed by atoms with Crippen LogP contribution in [0.2, 0.25) is 0 Å². The first kappa shape index (κ1) is 29.8. The summed E-state index contributed by atoms with van der Waals surface area (Å²) in [6, 6.07) is 66.7. The lowest BCUT2D eigenvalue weighted by atomic mass is 9.83. The molecule has 0 amide bonds. The summed E-state index contributed by atoms with van der Waals surface area (Å²) in [6.45, 7) is 0. The van der Waals surface area contributed by atoms with E-state index in [9.17, 15) is 0 Å². The average molecular weight is 703 g/mol. The highest BCUT2D eigenvalue weighted by Crippen LogP contribution is 2.48. The molecule has 0 bridgehead atoms. The highest BCUT2D eigenvalue weighted by atomic mass is 32.1. The molecule has 0 radical (unpaired) electrons. The Morgan fingerprint density at radius 3 is 1.65 bits per heavy atom. The number of hydrogen-bond acceptors (Lipinski definition) is 2. The van der Waals surface area contributed by atoms with Crippen LogP contribution in [-0.4, -0.2) is 0 Å². The maximum Gasteiger partial charge on any atom is 0.136 e. The molecule has 0 atom stereocenters. The van der Waals surface area contributed by atoms with Gasteiger partial charge >= 0.3 is 0 Å². The molecule has 12 aromatic rings. The molecule has 10 aromatic carbocycles. The number of benzene rings is 10. The molecule has 0 aliphatic carbocycles. The third-order valence-corrected chi connectivity index (χ3v) is 12.7. The molecule has 0 N–H and O–H groups in total. The van der Waals surface area contributed by atoms with Crippen LogP contribution < -0.4 is 0 Å². The van der Waals surface area contributed by atoms with Gasteiger partial charge in [0.05, 0.1) is 0 Å². The summed E-state index contributed by atoms with van der Waals surface area (Å²) in [7, 11) is 0. The van der Waals surface area contributed by atoms with Gasteiger partial charge in [0, 0.05) is 30.9 Å². The van der Waals surface area contributed by atoms with Gasteiger partial charge in [-0.25, -0.2) is 0 Å². The first-order chi connectivity index (χ1) is 26.8. The van der Waals surface area contributed by atoms with E-state index >= 15 is 0 Å². The van der Waals surface area contributed by atoms with Gasteiger partial charge in [-0.15, -0.1) is 11.3 Å². The Hall–Kier alpha value is -6.74. The van der Waals surface area contributed by atoms with Gasteiger partial charge in [0.2, 0.25) is 0 Å². The normalized spacial score (nSPS) is 12.1. The van der Waals surface area contributed by atoms with Crippen LogP contribution in [0.1, 0.15) is 0 Å². The SMILES string of the molecule is c1ccc(-c2ccc(-c3c4ccccc4c(-c4ccc5oc6cc7sc8c9ccccc9ccc8c7cc6c5c4)c4ccccc34)c3ccccc23)cc1. The number of furan rings is 1. The van der Waals surface area contributed by atoms with Gasteiger partial charge in [-0.2, -0.15) is 0 Å². The molecule has 0 saturated carbocycles. The fraction of sp³-hybridized carbons (Fsp3) is 0. The van der Waals surface area contributed by atoms with E-state index in [0.29, 0.717) is 0 Å². The Labute approximate surface area is 314 Å². The summed E-state index contributed by atoms with van der Waals surface area (Å²) in [5, 5.41) is 15.0. The molecule has 2 heterocycles. The van der Waals surface area contributed by atoms with Crippen molar-refractivity contribution in [1.82, 2.24) is 0 Å². The first-order valence-electron chi connectivity index (χ1n) is 18.5. The summed E-state index contributed by atoms with van der Waals surface area (Å²) < 4.78 is 9.17. The van der Waals surface area contributed by atoms with E-state index in [1.807, 2.05) is 11.3 Å². The molecule has 0 saturated heterocycles. The van der Waals surface area contributed by atoms with E-state index < -0.39 is 0 Å². The molecule has 0 unspecified atom stereocenters. The van der Waals surface area contributed by atoms with Gasteiger partial charge in [0.1, 0.15) is 11.2 Å². The van der Waals surface area contributed by atoms with Gasteiger partial charge in [0.15, 0.2) is 0 Å². The van der Waals surface area contributed by atoms with Crippen LogP contribution in [0.25, 0.3) is 119 Å². The lowest BCUT2D eigenvalue weighted by molar-refractivity contribution is 0.669. The highest BCUT2D eigenvalue weighted by molar-refractivity contribution is 7.26. The third-order valence-electron chi connectivity index (χ3n) is 11.5.